The number of benzene rings is 2. The van der Waals surface area contributed by atoms with Gasteiger partial charge in [0.05, 0.1) is 28.8 Å². The molecule has 0 spiro atoms. The number of nitrogens with zero attached hydrogens (tertiary/aromatic N) is 3. The summed E-state index contributed by atoms with van der Waals surface area (Å²) in [5, 5.41) is 14.1. The van der Waals surface area contributed by atoms with Gasteiger partial charge in [-0.2, -0.15) is 0 Å². The first-order valence-electron chi connectivity index (χ1n) is 19.5. The van der Waals surface area contributed by atoms with Crippen LogP contribution in [-0.2, 0) is 19.2 Å². The highest BCUT2D eigenvalue weighted by Crippen LogP contribution is 2.35. The molecule has 1 atom stereocenters. The molecule has 4 aliphatic heterocycles. The molecule has 17 heteroatoms. The number of aryl methyl sites for hydroxylation is 1. The summed E-state index contributed by atoms with van der Waals surface area (Å²) in [6, 6.07) is 8.04. The third-order valence-electron chi connectivity index (χ3n) is 11.0. The van der Waals surface area contributed by atoms with E-state index in [0.717, 1.165) is 18.0 Å². The predicted octanol–water partition coefficient (Wildman–Crippen LogP) is 2.02. The number of nitrogens with one attached hydrogen (secondary N) is 6. The number of hydrogen-bond acceptors (Lipinski definition) is 10. The molecule has 7 amide bonds. The van der Waals surface area contributed by atoms with E-state index in [1.54, 1.807) is 31.2 Å². The predicted molar refractivity (Wildman–Crippen MR) is 212 cm³/mol. The number of fused-ring (bicyclic) bond motifs is 2. The standard InChI is InChI=1S/C41H46FN9O7/c1-23-31(21-28-27-20-25(42)8-9-29(27)47-37(28)54)46-24(2)35(23)39(56)45-14-15-49-16-18-50(19-17-49)22-34(53)44-13-4-3-12-43-30-7-5-6-26-36(30)41(58)51(40(26)57)32-10-11-33(52)48-38(32)55/h5-9,20-21,32,43,46H,3-4,10-19,22H2,1-2H3,(H,44,53)(H,45,56)(H,47,54)(H,48,52,55)/b28-21-. The van der Waals surface area contributed by atoms with Crippen LogP contribution in [0.4, 0.5) is 15.8 Å². The number of carbonyl (C=O) groups is 7. The van der Waals surface area contributed by atoms with Crippen molar-refractivity contribution in [1.82, 2.24) is 35.6 Å². The van der Waals surface area contributed by atoms with Gasteiger partial charge in [0.15, 0.2) is 0 Å². The Balaban J connectivity index is 0.785. The number of unbranched alkanes of at least 4 members (excludes halogenated alkanes) is 1. The summed E-state index contributed by atoms with van der Waals surface area (Å²) in [5.74, 6) is -3.27. The minimum atomic E-state index is -1.03. The van der Waals surface area contributed by atoms with E-state index in [2.05, 4.69) is 41.4 Å². The number of aromatic amines is 1. The van der Waals surface area contributed by atoms with E-state index in [0.29, 0.717) is 97.1 Å². The van der Waals surface area contributed by atoms with Gasteiger partial charge in [0.25, 0.3) is 23.6 Å². The zero-order chi connectivity index (χ0) is 41.1. The maximum Gasteiger partial charge on any atom is 0.264 e. The molecule has 4 aliphatic rings. The molecule has 58 heavy (non-hydrogen) atoms. The molecule has 1 aromatic heterocycles. The van der Waals surface area contributed by atoms with Crippen molar-refractivity contribution in [3.8, 4) is 0 Å². The number of piperidine rings is 1. The van der Waals surface area contributed by atoms with Crippen molar-refractivity contribution >= 4 is 64.4 Å². The first-order valence-corrected chi connectivity index (χ1v) is 19.5. The average molecular weight is 796 g/mol. The molecule has 304 valence electrons. The maximum atomic E-state index is 13.9. The van der Waals surface area contributed by atoms with E-state index in [-0.39, 0.29) is 48.2 Å². The van der Waals surface area contributed by atoms with Crippen LogP contribution in [0.2, 0.25) is 0 Å². The van der Waals surface area contributed by atoms with E-state index in [9.17, 15) is 38.0 Å². The zero-order valence-electron chi connectivity index (χ0n) is 32.4. The summed E-state index contributed by atoms with van der Waals surface area (Å²) in [4.78, 5) is 97.2. The Morgan fingerprint density at radius 1 is 0.879 bits per heavy atom. The summed E-state index contributed by atoms with van der Waals surface area (Å²) in [6.07, 6.45) is 3.17. The second-order valence-corrected chi connectivity index (χ2v) is 14.9. The summed E-state index contributed by atoms with van der Waals surface area (Å²) >= 11 is 0. The quantitative estimate of drug-likeness (QED) is 0.0796. The Morgan fingerprint density at radius 3 is 2.41 bits per heavy atom. The molecule has 7 rings (SSSR count). The zero-order valence-corrected chi connectivity index (χ0v) is 32.4. The van der Waals surface area contributed by atoms with Gasteiger partial charge < -0.3 is 26.3 Å². The summed E-state index contributed by atoms with van der Waals surface area (Å²) < 4.78 is 13.9. The van der Waals surface area contributed by atoms with Crippen LogP contribution in [0.5, 0.6) is 0 Å². The van der Waals surface area contributed by atoms with E-state index >= 15 is 0 Å². The topological polar surface area (TPSA) is 205 Å². The molecule has 6 N–H and O–H groups in total. The van der Waals surface area contributed by atoms with Gasteiger partial charge in [0.2, 0.25) is 17.7 Å². The molecular formula is C41H46FN9O7. The highest BCUT2D eigenvalue weighted by Gasteiger charge is 2.45. The molecule has 0 bridgehead atoms. The Bertz CT molecular complexity index is 2230. The van der Waals surface area contributed by atoms with Crippen molar-refractivity contribution in [3.63, 3.8) is 0 Å². The summed E-state index contributed by atoms with van der Waals surface area (Å²) in [5.41, 5.74) is 4.73. The number of rotatable bonds is 14. The molecule has 3 aromatic rings. The molecule has 5 heterocycles. The van der Waals surface area contributed by atoms with Gasteiger partial charge in [-0.1, -0.05) is 6.07 Å². The molecule has 0 aliphatic carbocycles. The van der Waals surface area contributed by atoms with Crippen molar-refractivity contribution in [2.45, 2.75) is 45.6 Å². The van der Waals surface area contributed by atoms with E-state index in [1.807, 2.05) is 6.92 Å². The Hall–Kier alpha value is -6.20. The second-order valence-electron chi connectivity index (χ2n) is 14.9. The number of carbonyl (C=O) groups excluding carboxylic acids is 7. The molecule has 0 radical (unpaired) electrons. The highest BCUT2D eigenvalue weighted by atomic mass is 19.1. The molecule has 0 saturated carbocycles. The Kier molecular flexibility index (Phi) is 11.8. The van der Waals surface area contributed by atoms with Crippen molar-refractivity contribution in [2.24, 2.45) is 0 Å². The monoisotopic (exact) mass is 795 g/mol. The normalized spacial score (nSPS) is 18.9. The lowest BCUT2D eigenvalue weighted by Crippen LogP contribution is -2.54. The fourth-order valence-electron chi connectivity index (χ4n) is 7.92. The molecular weight excluding hydrogens is 750 g/mol. The number of halogens is 1. The van der Waals surface area contributed by atoms with Gasteiger partial charge in [-0.25, -0.2) is 4.39 Å². The summed E-state index contributed by atoms with van der Waals surface area (Å²) in [6.45, 7) is 8.88. The first kappa shape index (κ1) is 40.0. The third-order valence-corrected chi connectivity index (χ3v) is 11.0. The molecule has 1 unspecified atom stereocenters. The van der Waals surface area contributed by atoms with Crippen LogP contribution < -0.4 is 26.6 Å². The second kappa shape index (κ2) is 17.1. The van der Waals surface area contributed by atoms with Gasteiger partial charge in [-0.15, -0.1) is 0 Å². The lowest BCUT2D eigenvalue weighted by molar-refractivity contribution is -0.136. The van der Waals surface area contributed by atoms with Crippen molar-refractivity contribution < 1.29 is 38.0 Å². The number of aromatic nitrogens is 1. The smallest absolute Gasteiger partial charge is 0.264 e. The van der Waals surface area contributed by atoms with Crippen LogP contribution in [0, 0.1) is 19.7 Å². The van der Waals surface area contributed by atoms with Gasteiger partial charge in [0, 0.05) is 87.1 Å². The highest BCUT2D eigenvalue weighted by molar-refractivity contribution is 6.35. The fraction of sp³-hybridized carbons (Fsp3) is 0.390. The largest absolute Gasteiger partial charge is 0.384 e. The third kappa shape index (κ3) is 8.40. The lowest BCUT2D eigenvalue weighted by atomic mass is 10.0. The lowest BCUT2D eigenvalue weighted by Gasteiger charge is -2.34. The van der Waals surface area contributed by atoms with E-state index in [4.69, 9.17) is 0 Å². The molecule has 2 aromatic carbocycles. The van der Waals surface area contributed by atoms with Crippen molar-refractivity contribution in [2.75, 3.05) is 69.5 Å². The van der Waals surface area contributed by atoms with Gasteiger partial charge >= 0.3 is 0 Å². The SMILES string of the molecule is Cc1[nH]c(/C=C2\C(=O)Nc3ccc(F)cc32)c(C)c1C(=O)NCCN1CCN(CC(=O)NCCCCNc2cccc3c2C(=O)N(C2CCC(=O)NC2=O)C3=O)CC1. The molecule has 2 fully saturated rings. The average Bonchev–Trinajstić information content (AvgIpc) is 3.75. The van der Waals surface area contributed by atoms with Crippen LogP contribution in [0.25, 0.3) is 11.6 Å². The minimum Gasteiger partial charge on any atom is -0.384 e. The Labute approximate surface area is 333 Å². The number of anilines is 2. The summed E-state index contributed by atoms with van der Waals surface area (Å²) in [7, 11) is 0. The number of hydrogen-bond donors (Lipinski definition) is 6. The Morgan fingerprint density at radius 2 is 1.64 bits per heavy atom. The van der Waals surface area contributed by atoms with Crippen LogP contribution in [0.1, 0.15) is 79.3 Å². The number of imide groups is 2. The molecule has 2 saturated heterocycles. The van der Waals surface area contributed by atoms with Crippen LogP contribution >= 0.6 is 0 Å². The van der Waals surface area contributed by atoms with Crippen LogP contribution in [0.15, 0.2) is 36.4 Å². The van der Waals surface area contributed by atoms with Crippen LogP contribution in [-0.4, -0.2) is 126 Å². The number of amides is 7. The van der Waals surface area contributed by atoms with Crippen LogP contribution in [0.3, 0.4) is 0 Å². The van der Waals surface area contributed by atoms with Crippen molar-refractivity contribution in [1.29, 1.82) is 0 Å². The number of piperazine rings is 1. The van der Waals surface area contributed by atoms with Gasteiger partial charge in [-0.3, -0.25) is 53.6 Å². The minimum absolute atomic E-state index is 0.0527. The van der Waals surface area contributed by atoms with E-state index in [1.165, 1.54) is 18.2 Å². The van der Waals surface area contributed by atoms with Crippen molar-refractivity contribution in [3.05, 3.63) is 81.4 Å². The van der Waals surface area contributed by atoms with E-state index < -0.39 is 35.5 Å². The number of H-pyrrole nitrogens is 1. The fourth-order valence-corrected chi connectivity index (χ4v) is 7.92. The maximum absolute atomic E-state index is 13.9. The van der Waals surface area contributed by atoms with Gasteiger partial charge in [-0.05, 0) is 75.1 Å². The first-order chi connectivity index (χ1) is 27.9. The molecule has 16 nitrogen and oxygen atoms in total. The van der Waals surface area contributed by atoms with Gasteiger partial charge in [0.1, 0.15) is 11.9 Å².